The van der Waals surface area contributed by atoms with E-state index in [9.17, 15) is 8.78 Å². The van der Waals surface area contributed by atoms with Gasteiger partial charge in [0.1, 0.15) is 12.4 Å². The Kier molecular flexibility index (Phi) is 6.12. The summed E-state index contributed by atoms with van der Waals surface area (Å²) in [4.78, 5) is 0. The lowest BCUT2D eigenvalue weighted by atomic mass is 10.1. The standard InChI is InChI=1S/C13H15F2NO2/c1-17-12-5-4-10(3-2-6-16)7-11(12)8-18-9-13(14)15/h4-5,7,13H,6,8-9,16H2,1H3. The van der Waals surface area contributed by atoms with Crippen LogP contribution in [0.15, 0.2) is 18.2 Å². The monoisotopic (exact) mass is 255 g/mol. The van der Waals surface area contributed by atoms with Crippen molar-refractivity contribution < 1.29 is 18.3 Å². The Morgan fingerprint density at radius 2 is 2.17 bits per heavy atom. The van der Waals surface area contributed by atoms with Crippen LogP contribution in [0, 0.1) is 11.8 Å². The highest BCUT2D eigenvalue weighted by molar-refractivity contribution is 5.44. The first-order valence-corrected chi connectivity index (χ1v) is 5.39. The Morgan fingerprint density at radius 1 is 1.39 bits per heavy atom. The fraction of sp³-hybridized carbons (Fsp3) is 0.385. The first-order valence-electron chi connectivity index (χ1n) is 5.39. The summed E-state index contributed by atoms with van der Waals surface area (Å²) in [6, 6.07) is 5.24. The number of methoxy groups -OCH3 is 1. The van der Waals surface area contributed by atoms with E-state index in [4.69, 9.17) is 15.2 Å². The normalized spacial score (nSPS) is 10.1. The van der Waals surface area contributed by atoms with E-state index >= 15 is 0 Å². The van der Waals surface area contributed by atoms with Gasteiger partial charge in [-0.15, -0.1) is 0 Å². The third kappa shape index (κ3) is 4.70. The quantitative estimate of drug-likeness (QED) is 0.816. The lowest BCUT2D eigenvalue weighted by molar-refractivity contribution is 0.00932. The van der Waals surface area contributed by atoms with Gasteiger partial charge in [0.15, 0.2) is 0 Å². The van der Waals surface area contributed by atoms with E-state index in [2.05, 4.69) is 11.8 Å². The van der Waals surface area contributed by atoms with Crippen LogP contribution >= 0.6 is 0 Å². The van der Waals surface area contributed by atoms with Crippen LogP contribution in [0.1, 0.15) is 11.1 Å². The van der Waals surface area contributed by atoms with Crippen molar-refractivity contribution in [2.45, 2.75) is 13.0 Å². The Balaban J connectivity index is 2.78. The fourth-order valence-electron chi connectivity index (χ4n) is 1.38. The lowest BCUT2D eigenvalue weighted by Gasteiger charge is -2.09. The Bertz CT molecular complexity index is 438. The number of ether oxygens (including phenoxy) is 2. The molecule has 98 valence electrons. The molecule has 0 aromatic heterocycles. The summed E-state index contributed by atoms with van der Waals surface area (Å²) in [6.45, 7) is -0.267. The van der Waals surface area contributed by atoms with Crippen molar-refractivity contribution in [2.75, 3.05) is 20.3 Å². The molecular formula is C13H15F2NO2. The summed E-state index contributed by atoms with van der Waals surface area (Å²) < 4.78 is 33.9. The van der Waals surface area contributed by atoms with Crippen molar-refractivity contribution in [3.63, 3.8) is 0 Å². The van der Waals surface area contributed by atoms with E-state index in [1.807, 2.05) is 0 Å². The maximum atomic E-state index is 12.0. The average molecular weight is 255 g/mol. The minimum atomic E-state index is -2.48. The molecule has 0 radical (unpaired) electrons. The molecule has 0 fully saturated rings. The van der Waals surface area contributed by atoms with Gasteiger partial charge in [-0.3, -0.25) is 0 Å². The van der Waals surface area contributed by atoms with Gasteiger partial charge in [0.2, 0.25) is 0 Å². The zero-order valence-electron chi connectivity index (χ0n) is 10.1. The van der Waals surface area contributed by atoms with Gasteiger partial charge in [0.25, 0.3) is 6.43 Å². The molecule has 0 saturated heterocycles. The van der Waals surface area contributed by atoms with Gasteiger partial charge in [-0.25, -0.2) is 8.78 Å². The Morgan fingerprint density at radius 3 is 2.78 bits per heavy atom. The van der Waals surface area contributed by atoms with Gasteiger partial charge in [0.05, 0.1) is 20.3 Å². The first kappa shape index (κ1) is 14.4. The summed E-state index contributed by atoms with van der Waals surface area (Å²) in [5.74, 6) is 6.17. The largest absolute Gasteiger partial charge is 0.496 e. The van der Waals surface area contributed by atoms with Crippen LogP contribution in [-0.4, -0.2) is 26.7 Å². The number of halogens is 2. The topological polar surface area (TPSA) is 44.5 Å². The molecule has 3 nitrogen and oxygen atoms in total. The van der Waals surface area contributed by atoms with Gasteiger partial charge >= 0.3 is 0 Å². The molecule has 5 heteroatoms. The minimum absolute atomic E-state index is 0.0612. The van der Waals surface area contributed by atoms with Crippen LogP contribution in [0.4, 0.5) is 8.78 Å². The lowest BCUT2D eigenvalue weighted by Crippen LogP contribution is -2.05. The number of benzene rings is 1. The van der Waals surface area contributed by atoms with Crippen molar-refractivity contribution in [1.82, 2.24) is 0 Å². The van der Waals surface area contributed by atoms with Crippen molar-refractivity contribution in [3.05, 3.63) is 29.3 Å². The highest BCUT2D eigenvalue weighted by atomic mass is 19.3. The Hall–Kier alpha value is -1.64. The predicted octanol–water partition coefficient (Wildman–Crippen LogP) is 1.79. The van der Waals surface area contributed by atoms with E-state index in [0.29, 0.717) is 11.3 Å². The van der Waals surface area contributed by atoms with Crippen LogP contribution in [0.5, 0.6) is 5.75 Å². The molecule has 0 atom stereocenters. The molecule has 0 unspecified atom stereocenters. The molecule has 0 heterocycles. The molecular weight excluding hydrogens is 240 g/mol. The van der Waals surface area contributed by atoms with Crippen LogP contribution in [0.3, 0.4) is 0 Å². The van der Waals surface area contributed by atoms with E-state index < -0.39 is 13.0 Å². The molecule has 1 aromatic rings. The van der Waals surface area contributed by atoms with Gasteiger partial charge in [-0.1, -0.05) is 11.8 Å². The van der Waals surface area contributed by atoms with Crippen molar-refractivity contribution >= 4 is 0 Å². The molecule has 0 bridgehead atoms. The molecule has 0 aliphatic rings. The van der Waals surface area contributed by atoms with E-state index in [0.717, 1.165) is 5.56 Å². The molecule has 0 aliphatic heterocycles. The SMILES string of the molecule is COc1ccc(C#CCN)cc1COCC(F)F. The number of rotatable bonds is 5. The maximum Gasteiger partial charge on any atom is 0.261 e. The highest BCUT2D eigenvalue weighted by Gasteiger charge is 2.07. The molecule has 1 rings (SSSR count). The summed E-state index contributed by atoms with van der Waals surface area (Å²) >= 11 is 0. The van der Waals surface area contributed by atoms with Crippen molar-refractivity contribution in [1.29, 1.82) is 0 Å². The minimum Gasteiger partial charge on any atom is -0.496 e. The second-order valence-electron chi connectivity index (χ2n) is 3.44. The fourth-order valence-corrected chi connectivity index (χ4v) is 1.38. The van der Waals surface area contributed by atoms with Gasteiger partial charge < -0.3 is 15.2 Å². The van der Waals surface area contributed by atoms with E-state index in [1.165, 1.54) is 7.11 Å². The van der Waals surface area contributed by atoms with Crippen molar-refractivity contribution in [2.24, 2.45) is 5.73 Å². The van der Waals surface area contributed by atoms with Gasteiger partial charge in [-0.05, 0) is 18.2 Å². The van der Waals surface area contributed by atoms with Gasteiger partial charge in [-0.2, -0.15) is 0 Å². The molecule has 0 aliphatic carbocycles. The molecule has 0 saturated carbocycles. The average Bonchev–Trinajstić information content (AvgIpc) is 2.36. The highest BCUT2D eigenvalue weighted by Crippen LogP contribution is 2.20. The third-order valence-electron chi connectivity index (χ3n) is 2.12. The van der Waals surface area contributed by atoms with Gasteiger partial charge in [0, 0.05) is 11.1 Å². The zero-order chi connectivity index (χ0) is 13.4. The third-order valence-corrected chi connectivity index (χ3v) is 2.12. The zero-order valence-corrected chi connectivity index (χ0v) is 10.1. The number of hydrogen-bond donors (Lipinski definition) is 1. The van der Waals surface area contributed by atoms with Crippen LogP contribution in [-0.2, 0) is 11.3 Å². The van der Waals surface area contributed by atoms with Crippen LogP contribution < -0.4 is 10.5 Å². The molecule has 1 aromatic carbocycles. The summed E-state index contributed by atoms with van der Waals surface area (Å²) in [6.07, 6.45) is -2.48. The summed E-state index contributed by atoms with van der Waals surface area (Å²) in [5, 5.41) is 0. The second kappa shape index (κ2) is 7.64. The van der Waals surface area contributed by atoms with E-state index in [1.54, 1.807) is 18.2 Å². The van der Waals surface area contributed by atoms with Crippen molar-refractivity contribution in [3.8, 4) is 17.6 Å². The number of alkyl halides is 2. The number of nitrogens with two attached hydrogens (primary N) is 1. The van der Waals surface area contributed by atoms with Crippen LogP contribution in [0.2, 0.25) is 0 Å². The molecule has 18 heavy (non-hydrogen) atoms. The molecule has 0 spiro atoms. The number of hydrogen-bond acceptors (Lipinski definition) is 3. The maximum absolute atomic E-state index is 12.0. The first-order chi connectivity index (χ1) is 8.67. The summed E-state index contributed by atoms with van der Waals surface area (Å²) in [5.41, 5.74) is 6.71. The molecule has 2 N–H and O–H groups in total. The predicted molar refractivity (Wildman–Crippen MR) is 64.6 cm³/mol. The second-order valence-corrected chi connectivity index (χ2v) is 3.44. The molecule has 0 amide bonds. The Labute approximate surface area is 105 Å². The van der Waals surface area contributed by atoms with Crippen LogP contribution in [0.25, 0.3) is 0 Å². The summed E-state index contributed by atoms with van der Waals surface area (Å²) in [7, 11) is 1.51. The smallest absolute Gasteiger partial charge is 0.261 e. The van der Waals surface area contributed by atoms with E-state index in [-0.39, 0.29) is 13.2 Å².